The number of nitrogens with one attached hydrogen (secondary N) is 2. The smallest absolute Gasteiger partial charge is 0.328 e. The number of carboxylic acid groups (broad SMARTS) is 1. The molecule has 1 rings (SSSR count). The Kier molecular flexibility index (Phi) is 10.7. The van der Waals surface area contributed by atoms with Gasteiger partial charge in [-0.3, -0.25) is 0 Å². The van der Waals surface area contributed by atoms with Gasteiger partial charge in [-0.1, -0.05) is 51.5 Å². The number of nitrogens with two attached hydrogens (primary N) is 1. The Balaban J connectivity index is 2.21. The molecule has 2 atom stereocenters. The summed E-state index contributed by atoms with van der Waals surface area (Å²) in [7, 11) is 0. The van der Waals surface area contributed by atoms with Gasteiger partial charge in [0, 0.05) is 24.4 Å². The van der Waals surface area contributed by atoms with E-state index in [1.807, 2.05) is 18.3 Å². The van der Waals surface area contributed by atoms with Gasteiger partial charge >= 0.3 is 5.97 Å². The quantitative estimate of drug-likeness (QED) is 0.301. The van der Waals surface area contributed by atoms with Crippen molar-refractivity contribution in [2.75, 3.05) is 5.32 Å². The third-order valence-electron chi connectivity index (χ3n) is 4.18. The minimum Gasteiger partial charge on any atom is -0.478 e. The molecule has 2 unspecified atom stereocenters. The number of unbranched alkanes of at least 4 members (excludes halogenated alkanes) is 4. The van der Waals surface area contributed by atoms with Crippen LogP contribution >= 0.6 is 0 Å². The molecule has 0 saturated carbocycles. The summed E-state index contributed by atoms with van der Waals surface area (Å²) in [4.78, 5) is 13.8. The Morgan fingerprint density at radius 1 is 1.25 bits per heavy atom. The van der Waals surface area contributed by atoms with Crippen LogP contribution in [0, 0.1) is 0 Å². The Hall–Kier alpha value is -1.75. The predicted molar refractivity (Wildman–Crippen MR) is 100 cm³/mol. The summed E-state index contributed by atoms with van der Waals surface area (Å²) < 4.78 is 0. The molecule has 136 valence electrons. The number of rotatable bonds is 14. The van der Waals surface area contributed by atoms with Gasteiger partial charge in [0.2, 0.25) is 0 Å². The first-order valence-corrected chi connectivity index (χ1v) is 9.18. The van der Waals surface area contributed by atoms with Crippen LogP contribution in [0.2, 0.25) is 0 Å². The number of hydrogen-bond acceptors (Lipinski definition) is 3. The van der Waals surface area contributed by atoms with E-state index in [-0.39, 0.29) is 6.04 Å². The van der Waals surface area contributed by atoms with Crippen molar-refractivity contribution in [3.63, 3.8) is 0 Å². The van der Waals surface area contributed by atoms with E-state index < -0.39 is 5.97 Å². The van der Waals surface area contributed by atoms with Crippen LogP contribution in [0.1, 0.15) is 64.7 Å². The van der Waals surface area contributed by atoms with Gasteiger partial charge in [-0.2, -0.15) is 0 Å². The van der Waals surface area contributed by atoms with Gasteiger partial charge in [0.1, 0.15) is 5.82 Å². The Morgan fingerprint density at radius 2 is 1.96 bits per heavy atom. The second kappa shape index (κ2) is 12.6. The predicted octanol–water partition coefficient (Wildman–Crippen LogP) is 4.29. The minimum atomic E-state index is -0.908. The van der Waals surface area contributed by atoms with Crippen LogP contribution in [-0.4, -0.2) is 28.1 Å². The van der Waals surface area contributed by atoms with Crippen molar-refractivity contribution in [2.24, 2.45) is 5.73 Å². The van der Waals surface area contributed by atoms with Crippen LogP contribution in [0.25, 0.3) is 0 Å². The van der Waals surface area contributed by atoms with Crippen molar-refractivity contribution in [3.05, 3.63) is 30.5 Å². The largest absolute Gasteiger partial charge is 0.478 e. The van der Waals surface area contributed by atoms with Gasteiger partial charge in [0.05, 0.1) is 0 Å². The van der Waals surface area contributed by atoms with Crippen LogP contribution in [0.5, 0.6) is 0 Å². The van der Waals surface area contributed by atoms with Gasteiger partial charge in [0.15, 0.2) is 0 Å². The SMILES string of the molecule is CCCCC(N)CCCCCCC(C=CC(=O)O)Nc1ccc[nH]1. The Bertz CT molecular complexity index is 457. The number of anilines is 1. The zero-order valence-electron chi connectivity index (χ0n) is 14.8. The van der Waals surface area contributed by atoms with E-state index in [2.05, 4.69) is 17.2 Å². The summed E-state index contributed by atoms with van der Waals surface area (Å²) >= 11 is 0. The molecule has 0 radical (unpaired) electrons. The standard InChI is InChI=1S/C19H33N3O2/c1-2-3-9-16(20)10-6-4-5-7-11-17(13-14-19(23)24)22-18-12-8-15-21-18/h8,12-17,21-22H,2-7,9-11,20H2,1H3,(H,23,24). The molecule has 0 aromatic carbocycles. The average Bonchev–Trinajstić information content (AvgIpc) is 3.06. The second-order valence-corrected chi connectivity index (χ2v) is 6.43. The molecule has 0 amide bonds. The van der Waals surface area contributed by atoms with Gasteiger partial charge in [-0.05, 0) is 31.4 Å². The number of carboxylic acids is 1. The van der Waals surface area contributed by atoms with Gasteiger partial charge < -0.3 is 21.1 Å². The summed E-state index contributed by atoms with van der Waals surface area (Å²) in [6, 6.07) is 4.25. The summed E-state index contributed by atoms with van der Waals surface area (Å²) in [5.74, 6) is 0.00582. The topological polar surface area (TPSA) is 91.1 Å². The molecule has 0 bridgehead atoms. The highest BCUT2D eigenvalue weighted by Crippen LogP contribution is 2.14. The molecule has 0 spiro atoms. The van der Waals surface area contributed by atoms with Crippen molar-refractivity contribution in [3.8, 4) is 0 Å². The zero-order chi connectivity index (χ0) is 17.6. The van der Waals surface area contributed by atoms with E-state index in [0.717, 1.165) is 37.9 Å². The van der Waals surface area contributed by atoms with Crippen molar-refractivity contribution in [2.45, 2.75) is 76.8 Å². The fourth-order valence-corrected chi connectivity index (χ4v) is 2.77. The summed E-state index contributed by atoms with van der Waals surface area (Å²) in [5, 5.41) is 12.1. The zero-order valence-corrected chi connectivity index (χ0v) is 14.8. The van der Waals surface area contributed by atoms with Crippen molar-refractivity contribution >= 4 is 11.8 Å². The Morgan fingerprint density at radius 3 is 2.58 bits per heavy atom. The fraction of sp³-hybridized carbons (Fsp3) is 0.632. The fourth-order valence-electron chi connectivity index (χ4n) is 2.77. The molecule has 0 aliphatic heterocycles. The first-order chi connectivity index (χ1) is 11.6. The van der Waals surface area contributed by atoms with E-state index in [1.54, 1.807) is 6.08 Å². The second-order valence-electron chi connectivity index (χ2n) is 6.43. The molecule has 0 saturated heterocycles. The van der Waals surface area contributed by atoms with Crippen LogP contribution in [0.3, 0.4) is 0 Å². The highest BCUT2D eigenvalue weighted by molar-refractivity contribution is 5.79. The van der Waals surface area contributed by atoms with Gasteiger partial charge in [-0.25, -0.2) is 4.79 Å². The summed E-state index contributed by atoms with van der Waals surface area (Å²) in [6.07, 6.45) is 15.0. The molecule has 1 heterocycles. The molecule has 0 fully saturated rings. The van der Waals surface area contributed by atoms with Crippen LogP contribution < -0.4 is 11.1 Å². The van der Waals surface area contributed by atoms with E-state index in [0.29, 0.717) is 6.04 Å². The number of aromatic amines is 1. The average molecular weight is 335 g/mol. The molecular weight excluding hydrogens is 302 g/mol. The van der Waals surface area contributed by atoms with Crippen LogP contribution in [0.4, 0.5) is 5.82 Å². The molecule has 5 N–H and O–H groups in total. The molecule has 0 aliphatic rings. The molecule has 0 aliphatic carbocycles. The van der Waals surface area contributed by atoms with E-state index >= 15 is 0 Å². The first-order valence-electron chi connectivity index (χ1n) is 9.18. The maximum atomic E-state index is 10.7. The van der Waals surface area contributed by atoms with Crippen LogP contribution in [-0.2, 0) is 4.79 Å². The van der Waals surface area contributed by atoms with Gasteiger partial charge in [-0.15, -0.1) is 0 Å². The number of carbonyl (C=O) groups is 1. The number of aliphatic carboxylic acids is 1. The maximum absolute atomic E-state index is 10.7. The maximum Gasteiger partial charge on any atom is 0.328 e. The molecule has 24 heavy (non-hydrogen) atoms. The summed E-state index contributed by atoms with van der Waals surface area (Å²) in [5.41, 5.74) is 6.09. The Labute approximate surface area is 145 Å². The lowest BCUT2D eigenvalue weighted by Gasteiger charge is -2.15. The van der Waals surface area contributed by atoms with Crippen LogP contribution in [0.15, 0.2) is 30.5 Å². The first kappa shape index (κ1) is 20.3. The van der Waals surface area contributed by atoms with E-state index in [1.165, 1.54) is 31.8 Å². The minimum absolute atomic E-state index is 0.0339. The lowest BCUT2D eigenvalue weighted by molar-refractivity contribution is -0.131. The van der Waals surface area contributed by atoms with E-state index in [4.69, 9.17) is 10.8 Å². The lowest BCUT2D eigenvalue weighted by atomic mass is 10.0. The number of H-pyrrole nitrogens is 1. The molecule has 5 nitrogen and oxygen atoms in total. The van der Waals surface area contributed by atoms with Crippen molar-refractivity contribution in [1.82, 2.24) is 4.98 Å². The van der Waals surface area contributed by atoms with Crippen molar-refractivity contribution < 1.29 is 9.90 Å². The van der Waals surface area contributed by atoms with Gasteiger partial charge in [0.25, 0.3) is 0 Å². The number of hydrogen-bond donors (Lipinski definition) is 4. The lowest BCUT2D eigenvalue weighted by Crippen LogP contribution is -2.19. The molecular formula is C19H33N3O2. The summed E-state index contributed by atoms with van der Waals surface area (Å²) in [6.45, 7) is 2.20. The third kappa shape index (κ3) is 10.1. The number of aromatic nitrogens is 1. The normalized spacial score (nSPS) is 13.9. The molecule has 1 aromatic heterocycles. The highest BCUT2D eigenvalue weighted by atomic mass is 16.4. The third-order valence-corrected chi connectivity index (χ3v) is 4.18. The monoisotopic (exact) mass is 335 g/mol. The highest BCUT2D eigenvalue weighted by Gasteiger charge is 2.06. The van der Waals surface area contributed by atoms with Crippen molar-refractivity contribution in [1.29, 1.82) is 0 Å². The molecule has 5 heteroatoms. The molecule has 1 aromatic rings. The van der Waals surface area contributed by atoms with E-state index in [9.17, 15) is 4.79 Å².